The van der Waals surface area contributed by atoms with Crippen molar-refractivity contribution < 1.29 is 7.67 Å². The SMILES string of the molecule is O=[Se].O=[Se]1N=Cc2ccccc21. The Morgan fingerprint density at radius 2 is 1.92 bits per heavy atom. The van der Waals surface area contributed by atoms with E-state index in [2.05, 4.69) is 4.01 Å². The van der Waals surface area contributed by atoms with Gasteiger partial charge in [0.25, 0.3) is 0 Å². The molecule has 0 amide bonds. The number of nitrogens with zero attached hydrogens (tertiary/aromatic N) is 1. The zero-order chi connectivity index (χ0) is 8.97. The van der Waals surface area contributed by atoms with Crippen LogP contribution in [0, 0.1) is 0 Å². The summed E-state index contributed by atoms with van der Waals surface area (Å²) in [6.07, 6.45) is 1.69. The van der Waals surface area contributed by atoms with Crippen LogP contribution in [-0.2, 0) is 7.67 Å². The Kier molecular flexibility index (Phi) is 3.63. The average Bonchev–Trinajstić information content (AvgIpc) is 2.53. The normalized spacial score (nSPS) is 17.8. The van der Waals surface area contributed by atoms with Crippen molar-refractivity contribution in [3.05, 3.63) is 29.8 Å². The summed E-state index contributed by atoms with van der Waals surface area (Å²) < 4.78 is 24.0. The van der Waals surface area contributed by atoms with Crippen LogP contribution in [0.2, 0.25) is 0 Å². The van der Waals surface area contributed by atoms with Crippen molar-refractivity contribution in [3.63, 3.8) is 0 Å². The van der Waals surface area contributed by atoms with Crippen LogP contribution in [0.25, 0.3) is 0 Å². The molecule has 1 aliphatic heterocycles. The molecule has 1 atom stereocenters. The van der Waals surface area contributed by atoms with Gasteiger partial charge in [0.1, 0.15) is 0 Å². The Balaban J connectivity index is 0.000000336. The monoisotopic (exact) mass is 295 g/mol. The fraction of sp³-hybridized carbons (Fsp3) is 0. The fourth-order valence-corrected chi connectivity index (χ4v) is 2.67. The zero-order valence-electron chi connectivity index (χ0n) is 5.97. The van der Waals surface area contributed by atoms with E-state index < -0.39 is 14.1 Å². The van der Waals surface area contributed by atoms with Crippen molar-refractivity contribution >= 4 is 40.7 Å². The Morgan fingerprint density at radius 1 is 1.25 bits per heavy atom. The molecule has 0 saturated heterocycles. The summed E-state index contributed by atoms with van der Waals surface area (Å²) in [5.74, 6) is 0. The predicted molar refractivity (Wildman–Crippen MR) is 46.6 cm³/mol. The van der Waals surface area contributed by atoms with Gasteiger partial charge in [0.2, 0.25) is 0 Å². The van der Waals surface area contributed by atoms with E-state index >= 15 is 0 Å². The molecule has 0 N–H and O–H groups in total. The zero-order valence-corrected chi connectivity index (χ0v) is 9.39. The van der Waals surface area contributed by atoms with E-state index in [1.165, 1.54) is 15.9 Å². The second kappa shape index (κ2) is 4.53. The van der Waals surface area contributed by atoms with Gasteiger partial charge >= 0.3 is 82.2 Å². The molecule has 0 aromatic heterocycles. The molecule has 0 spiro atoms. The molecule has 1 aromatic carbocycles. The summed E-state index contributed by atoms with van der Waals surface area (Å²) in [6, 6.07) is 7.62. The molecule has 0 bridgehead atoms. The second-order valence-corrected chi connectivity index (χ2v) is 4.43. The minimum absolute atomic E-state index is 0.919. The fourth-order valence-electron chi connectivity index (χ4n) is 0.908. The van der Waals surface area contributed by atoms with Gasteiger partial charge in [0, 0.05) is 0 Å². The van der Waals surface area contributed by atoms with Gasteiger partial charge in [0.05, 0.1) is 0 Å². The first kappa shape index (κ1) is 9.62. The van der Waals surface area contributed by atoms with Crippen LogP contribution in [0.4, 0.5) is 0 Å². The van der Waals surface area contributed by atoms with Crippen LogP contribution in [0.5, 0.6) is 0 Å². The van der Waals surface area contributed by atoms with E-state index in [1.807, 2.05) is 24.3 Å². The average molecular weight is 293 g/mol. The van der Waals surface area contributed by atoms with E-state index in [0.717, 1.165) is 10.0 Å². The molecular weight excluding hydrogens is 288 g/mol. The number of hydrogen-bond donors (Lipinski definition) is 0. The number of rotatable bonds is 0. The standard InChI is InChI=1S/C7H5NOSe.OSe/c9-10-7-4-2-1-3-6(7)5-8-10;1-2/h1-5H;. The Bertz CT molecular complexity index is 338. The summed E-state index contributed by atoms with van der Waals surface area (Å²) in [5.41, 5.74) is 1.02. The first-order valence-electron chi connectivity index (χ1n) is 3.09. The summed E-state index contributed by atoms with van der Waals surface area (Å²) in [5, 5.41) is 0. The van der Waals surface area contributed by atoms with E-state index in [4.69, 9.17) is 3.83 Å². The maximum absolute atomic E-state index is 11.1. The quantitative estimate of drug-likeness (QED) is 0.619. The molecule has 1 unspecified atom stereocenters. The van der Waals surface area contributed by atoms with Crippen LogP contribution >= 0.6 is 0 Å². The predicted octanol–water partition coefficient (Wildman–Crippen LogP) is -0.255. The maximum atomic E-state index is 11.1. The van der Waals surface area contributed by atoms with Gasteiger partial charge in [-0.1, -0.05) is 0 Å². The van der Waals surface area contributed by atoms with Crippen molar-refractivity contribution in [1.29, 1.82) is 0 Å². The van der Waals surface area contributed by atoms with Crippen LogP contribution in [0.1, 0.15) is 5.56 Å². The Labute approximate surface area is 82.2 Å². The number of hydrogen-bond acceptors (Lipinski definition) is 2. The molecule has 0 saturated carbocycles. The summed E-state index contributed by atoms with van der Waals surface area (Å²) in [7, 11) is 0. The number of fused-ring (bicyclic) bond motifs is 1. The Hall–Kier alpha value is -0.471. The summed E-state index contributed by atoms with van der Waals surface area (Å²) in [4.78, 5) is 0. The van der Waals surface area contributed by atoms with Crippen molar-refractivity contribution in [1.82, 2.24) is 0 Å². The summed E-state index contributed by atoms with van der Waals surface area (Å²) in [6.45, 7) is 0. The molecule has 0 radical (unpaired) electrons. The third-order valence-electron chi connectivity index (χ3n) is 1.39. The van der Waals surface area contributed by atoms with Gasteiger partial charge in [-0.25, -0.2) is 0 Å². The third-order valence-corrected chi connectivity index (χ3v) is 3.59. The Morgan fingerprint density at radius 3 is 2.58 bits per heavy atom. The first-order chi connectivity index (χ1) is 5.88. The molecule has 5 heteroatoms. The van der Waals surface area contributed by atoms with E-state index in [9.17, 15) is 3.83 Å². The molecule has 1 aliphatic rings. The molecular formula is C7H5NO2Se2. The van der Waals surface area contributed by atoms with Crippen molar-refractivity contribution in [2.45, 2.75) is 0 Å². The van der Waals surface area contributed by atoms with Crippen LogP contribution < -0.4 is 4.46 Å². The second-order valence-electron chi connectivity index (χ2n) is 2.02. The van der Waals surface area contributed by atoms with Gasteiger partial charge in [-0.3, -0.25) is 0 Å². The van der Waals surface area contributed by atoms with E-state index in [-0.39, 0.29) is 0 Å². The van der Waals surface area contributed by atoms with Gasteiger partial charge in [-0.05, 0) is 0 Å². The van der Waals surface area contributed by atoms with Crippen molar-refractivity contribution in [2.75, 3.05) is 0 Å². The third kappa shape index (κ3) is 1.82. The van der Waals surface area contributed by atoms with E-state index in [0.29, 0.717) is 0 Å². The van der Waals surface area contributed by atoms with Crippen LogP contribution in [0.3, 0.4) is 0 Å². The van der Waals surface area contributed by atoms with Gasteiger partial charge in [-0.2, -0.15) is 0 Å². The summed E-state index contributed by atoms with van der Waals surface area (Å²) >= 11 is -0.628. The van der Waals surface area contributed by atoms with Crippen molar-refractivity contribution in [2.24, 2.45) is 4.01 Å². The molecule has 3 nitrogen and oxygen atoms in total. The van der Waals surface area contributed by atoms with Crippen LogP contribution in [0.15, 0.2) is 28.3 Å². The van der Waals surface area contributed by atoms with Crippen LogP contribution in [-0.4, -0.2) is 36.2 Å². The molecule has 12 heavy (non-hydrogen) atoms. The van der Waals surface area contributed by atoms with E-state index in [1.54, 1.807) is 6.21 Å². The van der Waals surface area contributed by atoms with Gasteiger partial charge in [-0.15, -0.1) is 0 Å². The molecule has 0 aliphatic carbocycles. The number of benzene rings is 1. The molecule has 1 heterocycles. The van der Waals surface area contributed by atoms with Gasteiger partial charge < -0.3 is 0 Å². The molecule has 1 aromatic rings. The minimum atomic E-state index is -2.00. The topological polar surface area (TPSA) is 46.5 Å². The molecule has 62 valence electrons. The molecule has 0 fully saturated rings. The van der Waals surface area contributed by atoms with Gasteiger partial charge in [0.15, 0.2) is 0 Å². The molecule has 2 rings (SSSR count). The first-order valence-corrected chi connectivity index (χ1v) is 6.12. The van der Waals surface area contributed by atoms with Crippen molar-refractivity contribution in [3.8, 4) is 0 Å².